The minimum absolute atomic E-state index is 0.666. The Bertz CT molecular complexity index is 503. The Hall–Kier alpha value is -1.61. The Morgan fingerprint density at radius 1 is 1.12 bits per heavy atom. The molecule has 0 aromatic heterocycles. The second-order valence-electron chi connectivity index (χ2n) is 3.51. The number of anilines is 1. The number of fused-ring (bicyclic) bond motifs is 1. The first-order valence-electron chi connectivity index (χ1n) is 5.34. The van der Waals surface area contributed by atoms with Gasteiger partial charge in [0.25, 0.3) is 0 Å². The average molecular weight is 230 g/mol. The first-order valence-corrected chi connectivity index (χ1v) is 5.74. The van der Waals surface area contributed by atoms with E-state index in [1.165, 1.54) is 10.8 Å². The molecular formula is C13H14N2S. The van der Waals surface area contributed by atoms with Crippen molar-refractivity contribution >= 4 is 33.8 Å². The van der Waals surface area contributed by atoms with E-state index in [2.05, 4.69) is 28.8 Å². The van der Waals surface area contributed by atoms with E-state index in [1.54, 1.807) is 0 Å². The van der Waals surface area contributed by atoms with Gasteiger partial charge in [-0.3, -0.25) is 0 Å². The van der Waals surface area contributed by atoms with E-state index in [9.17, 15) is 0 Å². The topological polar surface area (TPSA) is 24.1 Å². The molecule has 0 saturated carbocycles. The van der Waals surface area contributed by atoms with Gasteiger partial charge in [-0.25, -0.2) is 0 Å². The summed E-state index contributed by atoms with van der Waals surface area (Å²) in [6.07, 6.45) is 0. The van der Waals surface area contributed by atoms with E-state index >= 15 is 0 Å². The SMILES string of the molecule is CCNC(=S)Nc1cccc2ccccc12. The molecule has 0 aliphatic rings. The summed E-state index contributed by atoms with van der Waals surface area (Å²) in [4.78, 5) is 0. The molecule has 0 atom stereocenters. The molecule has 2 N–H and O–H groups in total. The quantitative estimate of drug-likeness (QED) is 0.775. The van der Waals surface area contributed by atoms with Crippen LogP contribution in [-0.2, 0) is 0 Å². The van der Waals surface area contributed by atoms with Crippen molar-refractivity contribution in [3.05, 3.63) is 42.5 Å². The number of nitrogens with one attached hydrogen (secondary N) is 2. The molecule has 0 fully saturated rings. The molecule has 0 aliphatic heterocycles. The molecule has 0 bridgehead atoms. The van der Waals surface area contributed by atoms with Crippen LogP contribution in [0.3, 0.4) is 0 Å². The van der Waals surface area contributed by atoms with E-state index in [-0.39, 0.29) is 0 Å². The maximum absolute atomic E-state index is 5.18. The number of thiocarbonyl (C=S) groups is 1. The highest BCUT2D eigenvalue weighted by atomic mass is 32.1. The Labute approximate surface area is 101 Å². The minimum Gasteiger partial charge on any atom is -0.363 e. The fraction of sp³-hybridized carbons (Fsp3) is 0.154. The van der Waals surface area contributed by atoms with Crippen LogP contribution in [0, 0.1) is 0 Å². The van der Waals surface area contributed by atoms with Gasteiger partial charge in [0.15, 0.2) is 5.11 Å². The summed E-state index contributed by atoms with van der Waals surface area (Å²) < 4.78 is 0. The first kappa shape index (κ1) is 10.9. The summed E-state index contributed by atoms with van der Waals surface area (Å²) in [5, 5.41) is 9.35. The van der Waals surface area contributed by atoms with Crippen LogP contribution in [0.2, 0.25) is 0 Å². The molecule has 16 heavy (non-hydrogen) atoms. The molecule has 0 spiro atoms. The van der Waals surface area contributed by atoms with Crippen molar-refractivity contribution in [3.8, 4) is 0 Å². The second kappa shape index (κ2) is 4.94. The smallest absolute Gasteiger partial charge is 0.170 e. The minimum atomic E-state index is 0.666. The van der Waals surface area contributed by atoms with Crippen LogP contribution in [0.25, 0.3) is 10.8 Å². The fourth-order valence-electron chi connectivity index (χ4n) is 1.66. The van der Waals surface area contributed by atoms with Gasteiger partial charge in [0.1, 0.15) is 0 Å². The van der Waals surface area contributed by atoms with Crippen LogP contribution in [0.1, 0.15) is 6.92 Å². The lowest BCUT2D eigenvalue weighted by Gasteiger charge is -2.11. The van der Waals surface area contributed by atoms with Crippen LogP contribution in [0.4, 0.5) is 5.69 Å². The molecule has 2 rings (SSSR count). The zero-order valence-electron chi connectivity index (χ0n) is 9.16. The summed E-state index contributed by atoms with van der Waals surface area (Å²) in [6, 6.07) is 14.4. The Morgan fingerprint density at radius 2 is 1.88 bits per heavy atom. The zero-order valence-corrected chi connectivity index (χ0v) is 9.97. The van der Waals surface area contributed by atoms with Gasteiger partial charge in [0.05, 0.1) is 0 Å². The van der Waals surface area contributed by atoms with E-state index < -0.39 is 0 Å². The van der Waals surface area contributed by atoms with Gasteiger partial charge in [-0.05, 0) is 30.6 Å². The molecule has 0 radical (unpaired) electrons. The highest BCUT2D eigenvalue weighted by molar-refractivity contribution is 7.80. The van der Waals surface area contributed by atoms with E-state index in [1.807, 2.05) is 31.2 Å². The normalized spacial score (nSPS) is 10.1. The van der Waals surface area contributed by atoms with Crippen LogP contribution >= 0.6 is 12.2 Å². The molecule has 0 amide bonds. The Kier molecular flexibility index (Phi) is 3.37. The summed E-state index contributed by atoms with van der Waals surface area (Å²) in [6.45, 7) is 2.85. The van der Waals surface area contributed by atoms with Crippen LogP contribution in [-0.4, -0.2) is 11.7 Å². The number of hydrogen-bond donors (Lipinski definition) is 2. The Balaban J connectivity index is 2.33. The highest BCUT2D eigenvalue weighted by Gasteiger charge is 2.00. The molecule has 3 heteroatoms. The summed E-state index contributed by atoms with van der Waals surface area (Å²) in [5.74, 6) is 0. The molecule has 0 aliphatic carbocycles. The molecular weight excluding hydrogens is 216 g/mol. The standard InChI is InChI=1S/C13H14N2S/c1-2-14-13(16)15-12-9-5-7-10-6-3-4-8-11(10)12/h3-9H,2H2,1H3,(H2,14,15,16). The van der Waals surface area contributed by atoms with Crippen molar-refractivity contribution in [1.82, 2.24) is 5.32 Å². The van der Waals surface area contributed by atoms with Gasteiger partial charge in [-0.1, -0.05) is 36.4 Å². The third-order valence-corrected chi connectivity index (χ3v) is 2.62. The predicted molar refractivity (Wildman–Crippen MR) is 73.8 cm³/mol. The number of hydrogen-bond acceptors (Lipinski definition) is 1. The maximum atomic E-state index is 5.18. The first-order chi connectivity index (χ1) is 7.81. The molecule has 2 nitrogen and oxygen atoms in total. The number of rotatable bonds is 2. The van der Waals surface area contributed by atoms with Gasteiger partial charge < -0.3 is 10.6 Å². The van der Waals surface area contributed by atoms with Crippen molar-refractivity contribution in [3.63, 3.8) is 0 Å². The lowest BCUT2D eigenvalue weighted by Crippen LogP contribution is -2.27. The van der Waals surface area contributed by atoms with E-state index in [0.717, 1.165) is 12.2 Å². The molecule has 2 aromatic carbocycles. The Morgan fingerprint density at radius 3 is 2.69 bits per heavy atom. The van der Waals surface area contributed by atoms with Crippen LogP contribution < -0.4 is 10.6 Å². The van der Waals surface area contributed by atoms with Crippen LogP contribution in [0.15, 0.2) is 42.5 Å². The molecule has 0 saturated heterocycles. The number of benzene rings is 2. The molecule has 2 aromatic rings. The lowest BCUT2D eigenvalue weighted by atomic mass is 10.1. The van der Waals surface area contributed by atoms with Gasteiger partial charge in [0, 0.05) is 17.6 Å². The predicted octanol–water partition coefficient (Wildman–Crippen LogP) is 3.15. The van der Waals surface area contributed by atoms with Crippen LogP contribution in [0.5, 0.6) is 0 Å². The zero-order chi connectivity index (χ0) is 11.4. The average Bonchev–Trinajstić information content (AvgIpc) is 2.30. The third kappa shape index (κ3) is 2.31. The van der Waals surface area contributed by atoms with E-state index in [0.29, 0.717) is 5.11 Å². The van der Waals surface area contributed by atoms with Gasteiger partial charge in [0.2, 0.25) is 0 Å². The molecule has 82 valence electrons. The summed E-state index contributed by atoms with van der Waals surface area (Å²) in [5.41, 5.74) is 1.05. The monoisotopic (exact) mass is 230 g/mol. The summed E-state index contributed by atoms with van der Waals surface area (Å²) in [7, 11) is 0. The molecule has 0 unspecified atom stereocenters. The van der Waals surface area contributed by atoms with E-state index in [4.69, 9.17) is 12.2 Å². The lowest BCUT2D eigenvalue weighted by molar-refractivity contribution is 0.980. The van der Waals surface area contributed by atoms with Crippen molar-refractivity contribution in [2.75, 3.05) is 11.9 Å². The van der Waals surface area contributed by atoms with Crippen molar-refractivity contribution in [2.24, 2.45) is 0 Å². The maximum Gasteiger partial charge on any atom is 0.170 e. The van der Waals surface area contributed by atoms with Gasteiger partial charge in [-0.2, -0.15) is 0 Å². The second-order valence-corrected chi connectivity index (χ2v) is 3.92. The molecule has 0 heterocycles. The van der Waals surface area contributed by atoms with Gasteiger partial charge >= 0.3 is 0 Å². The van der Waals surface area contributed by atoms with Crippen molar-refractivity contribution in [2.45, 2.75) is 6.92 Å². The van der Waals surface area contributed by atoms with Crippen molar-refractivity contribution in [1.29, 1.82) is 0 Å². The summed E-state index contributed by atoms with van der Waals surface area (Å²) >= 11 is 5.18. The highest BCUT2D eigenvalue weighted by Crippen LogP contribution is 2.22. The fourth-order valence-corrected chi connectivity index (χ4v) is 1.92. The largest absolute Gasteiger partial charge is 0.363 e. The van der Waals surface area contributed by atoms with Gasteiger partial charge in [-0.15, -0.1) is 0 Å². The third-order valence-electron chi connectivity index (χ3n) is 2.38. The van der Waals surface area contributed by atoms with Crippen molar-refractivity contribution < 1.29 is 0 Å².